The minimum Gasteiger partial charge on any atom is -0.361 e. The number of aromatic nitrogens is 3. The van der Waals surface area contributed by atoms with Gasteiger partial charge in [0.2, 0.25) is 0 Å². The van der Waals surface area contributed by atoms with Crippen molar-refractivity contribution in [3.63, 3.8) is 0 Å². The van der Waals surface area contributed by atoms with E-state index in [0.29, 0.717) is 11.4 Å². The summed E-state index contributed by atoms with van der Waals surface area (Å²) in [7, 11) is 1.66. The maximum absolute atomic E-state index is 13.4. The maximum Gasteiger partial charge on any atom is 0.292 e. The van der Waals surface area contributed by atoms with Crippen LogP contribution in [0.2, 0.25) is 10.0 Å². The molecule has 0 aliphatic heterocycles. The lowest BCUT2D eigenvalue weighted by molar-refractivity contribution is 0.627. The SMILES string of the molecule is CN(N=Cc1c[nH]c2ccccc12)c1cnn(-c2ccc(F)c(Cl)c2)c(=O)c1Cl. The number of hydrazone groups is 1. The third-order valence-corrected chi connectivity index (χ3v) is 5.03. The van der Waals surface area contributed by atoms with Gasteiger partial charge in [0, 0.05) is 29.7 Å². The number of hydrogen-bond acceptors (Lipinski definition) is 4. The summed E-state index contributed by atoms with van der Waals surface area (Å²) in [6.45, 7) is 0. The third-order valence-electron chi connectivity index (χ3n) is 4.39. The summed E-state index contributed by atoms with van der Waals surface area (Å²) in [4.78, 5) is 15.8. The smallest absolute Gasteiger partial charge is 0.292 e. The van der Waals surface area contributed by atoms with Gasteiger partial charge in [-0.3, -0.25) is 9.80 Å². The van der Waals surface area contributed by atoms with Crippen molar-refractivity contribution in [2.75, 3.05) is 12.1 Å². The van der Waals surface area contributed by atoms with Crippen LogP contribution in [0.15, 0.2) is 64.8 Å². The molecule has 0 amide bonds. The van der Waals surface area contributed by atoms with E-state index >= 15 is 0 Å². The number of nitrogens with one attached hydrogen (secondary N) is 1. The first-order valence-corrected chi connectivity index (χ1v) is 9.28. The first kappa shape index (κ1) is 19.2. The highest BCUT2D eigenvalue weighted by atomic mass is 35.5. The van der Waals surface area contributed by atoms with Crippen molar-refractivity contribution in [1.29, 1.82) is 0 Å². The average Bonchev–Trinajstić information content (AvgIpc) is 3.13. The monoisotopic (exact) mass is 429 g/mol. The lowest BCUT2D eigenvalue weighted by Gasteiger charge is -2.15. The van der Waals surface area contributed by atoms with Crippen molar-refractivity contribution < 1.29 is 4.39 Å². The van der Waals surface area contributed by atoms with E-state index < -0.39 is 11.4 Å². The van der Waals surface area contributed by atoms with E-state index in [9.17, 15) is 9.18 Å². The van der Waals surface area contributed by atoms with Crippen LogP contribution in [0.1, 0.15) is 5.56 Å². The molecule has 2 aromatic carbocycles. The van der Waals surface area contributed by atoms with Crippen LogP contribution in [-0.4, -0.2) is 28.0 Å². The number of aromatic amines is 1. The quantitative estimate of drug-likeness (QED) is 0.379. The number of hydrogen-bond donors (Lipinski definition) is 1. The van der Waals surface area contributed by atoms with Crippen LogP contribution in [0, 0.1) is 5.82 Å². The second-order valence-corrected chi connectivity index (χ2v) is 7.00. The van der Waals surface area contributed by atoms with Gasteiger partial charge in [-0.15, -0.1) is 0 Å². The van der Waals surface area contributed by atoms with Crippen LogP contribution in [0.25, 0.3) is 16.6 Å². The number of halogens is 3. The van der Waals surface area contributed by atoms with Crippen molar-refractivity contribution >= 4 is 46.0 Å². The molecule has 4 aromatic rings. The van der Waals surface area contributed by atoms with Crippen LogP contribution in [0.5, 0.6) is 0 Å². The number of anilines is 1. The zero-order valence-corrected chi connectivity index (χ0v) is 16.6. The molecule has 0 aliphatic rings. The molecular weight excluding hydrogens is 416 g/mol. The van der Waals surface area contributed by atoms with Crippen LogP contribution in [-0.2, 0) is 0 Å². The highest BCUT2D eigenvalue weighted by molar-refractivity contribution is 6.33. The predicted molar refractivity (Wildman–Crippen MR) is 114 cm³/mol. The van der Waals surface area contributed by atoms with Crippen molar-refractivity contribution in [2.45, 2.75) is 0 Å². The van der Waals surface area contributed by atoms with Crippen LogP contribution >= 0.6 is 23.2 Å². The van der Waals surface area contributed by atoms with E-state index in [-0.39, 0.29) is 10.0 Å². The Hall–Kier alpha value is -3.16. The van der Waals surface area contributed by atoms with Crippen molar-refractivity contribution in [3.8, 4) is 5.69 Å². The van der Waals surface area contributed by atoms with E-state index in [2.05, 4.69) is 15.2 Å². The number of rotatable bonds is 4. The van der Waals surface area contributed by atoms with Gasteiger partial charge in [-0.05, 0) is 24.3 Å². The average molecular weight is 430 g/mol. The highest BCUT2D eigenvalue weighted by Crippen LogP contribution is 2.23. The predicted octanol–water partition coefficient (Wildman–Crippen LogP) is 4.63. The zero-order valence-electron chi connectivity index (χ0n) is 15.1. The summed E-state index contributed by atoms with van der Waals surface area (Å²) in [6, 6.07) is 11.7. The molecule has 9 heteroatoms. The molecule has 2 heterocycles. The Kier molecular flexibility index (Phi) is 5.08. The van der Waals surface area contributed by atoms with Gasteiger partial charge in [-0.1, -0.05) is 41.4 Å². The van der Waals surface area contributed by atoms with E-state index in [1.54, 1.807) is 13.3 Å². The van der Waals surface area contributed by atoms with Gasteiger partial charge in [0.25, 0.3) is 5.56 Å². The van der Waals surface area contributed by atoms with E-state index in [1.807, 2.05) is 30.5 Å². The molecule has 2 aromatic heterocycles. The normalized spacial score (nSPS) is 11.4. The first-order valence-electron chi connectivity index (χ1n) is 8.53. The van der Waals surface area contributed by atoms with Gasteiger partial charge in [0.1, 0.15) is 16.5 Å². The molecule has 0 atom stereocenters. The van der Waals surface area contributed by atoms with Gasteiger partial charge < -0.3 is 4.98 Å². The summed E-state index contributed by atoms with van der Waals surface area (Å²) < 4.78 is 14.4. The number of H-pyrrole nitrogens is 1. The molecule has 0 fully saturated rings. The van der Waals surface area contributed by atoms with Crippen LogP contribution in [0.3, 0.4) is 0 Å². The molecule has 0 spiro atoms. The summed E-state index contributed by atoms with van der Waals surface area (Å²) in [5.74, 6) is -0.586. The van der Waals surface area contributed by atoms with Gasteiger partial charge in [0.15, 0.2) is 0 Å². The van der Waals surface area contributed by atoms with E-state index in [4.69, 9.17) is 23.2 Å². The fourth-order valence-corrected chi connectivity index (χ4v) is 3.29. The summed E-state index contributed by atoms with van der Waals surface area (Å²) in [5, 5.41) is 10.8. The van der Waals surface area contributed by atoms with Gasteiger partial charge in [-0.25, -0.2) is 4.39 Å². The fraction of sp³-hybridized carbons (Fsp3) is 0.0500. The minimum atomic E-state index is -0.586. The topological polar surface area (TPSA) is 66.3 Å². The Morgan fingerprint density at radius 2 is 2.03 bits per heavy atom. The molecular formula is C20H14Cl2FN5O. The van der Waals surface area contributed by atoms with Crippen molar-refractivity contribution in [2.24, 2.45) is 5.10 Å². The molecule has 1 N–H and O–H groups in total. The van der Waals surface area contributed by atoms with Crippen LogP contribution in [0.4, 0.5) is 10.1 Å². The molecule has 4 rings (SSSR count). The standard InChI is InChI=1S/C20H14Cl2FN5O/c1-27(25-10-12-9-24-17-5-3-2-4-14(12)17)18-11-26-28(20(29)19(18)22)13-6-7-16(23)15(21)8-13/h2-11,24H,1H3. The highest BCUT2D eigenvalue weighted by Gasteiger charge is 2.14. The molecule has 6 nitrogen and oxygen atoms in total. The lowest BCUT2D eigenvalue weighted by Crippen LogP contribution is -2.24. The lowest BCUT2D eigenvalue weighted by atomic mass is 10.2. The van der Waals surface area contributed by atoms with E-state index in [0.717, 1.165) is 27.2 Å². The zero-order chi connectivity index (χ0) is 20.5. The number of fused-ring (bicyclic) bond motifs is 1. The summed E-state index contributed by atoms with van der Waals surface area (Å²) >= 11 is 12.1. The Balaban J connectivity index is 1.65. The number of benzene rings is 2. The second kappa shape index (κ2) is 7.69. The van der Waals surface area contributed by atoms with Gasteiger partial charge in [0.05, 0.1) is 23.1 Å². The molecule has 0 aliphatic carbocycles. The maximum atomic E-state index is 13.4. The Labute approximate surface area is 174 Å². The largest absolute Gasteiger partial charge is 0.361 e. The Bertz CT molecular complexity index is 1300. The Morgan fingerprint density at radius 1 is 1.24 bits per heavy atom. The fourth-order valence-electron chi connectivity index (χ4n) is 2.86. The molecule has 29 heavy (non-hydrogen) atoms. The molecule has 0 radical (unpaired) electrons. The van der Waals surface area contributed by atoms with Crippen LogP contribution < -0.4 is 10.6 Å². The second-order valence-electron chi connectivity index (χ2n) is 6.22. The molecule has 0 bridgehead atoms. The third kappa shape index (κ3) is 3.62. The number of nitrogens with zero attached hydrogens (tertiary/aromatic N) is 4. The Morgan fingerprint density at radius 3 is 2.83 bits per heavy atom. The summed E-state index contributed by atoms with van der Waals surface area (Å²) in [6.07, 6.45) is 4.92. The molecule has 146 valence electrons. The van der Waals surface area contributed by atoms with Crippen molar-refractivity contribution in [3.05, 3.63) is 86.6 Å². The van der Waals surface area contributed by atoms with Gasteiger partial charge in [-0.2, -0.15) is 14.9 Å². The minimum absolute atomic E-state index is 0.0703. The molecule has 0 saturated heterocycles. The number of para-hydroxylation sites is 1. The first-order chi connectivity index (χ1) is 14.0. The van der Waals surface area contributed by atoms with Crippen molar-refractivity contribution in [1.82, 2.24) is 14.8 Å². The summed E-state index contributed by atoms with van der Waals surface area (Å²) in [5.41, 5.74) is 1.96. The van der Waals surface area contributed by atoms with Gasteiger partial charge >= 0.3 is 0 Å². The van der Waals surface area contributed by atoms with E-state index in [1.165, 1.54) is 23.3 Å². The molecule has 0 unspecified atom stereocenters. The molecule has 0 saturated carbocycles.